The van der Waals surface area contributed by atoms with Crippen molar-refractivity contribution in [1.82, 2.24) is 19.2 Å². The van der Waals surface area contributed by atoms with E-state index in [2.05, 4.69) is 17.0 Å². The summed E-state index contributed by atoms with van der Waals surface area (Å²) in [6.45, 7) is 2.53. The average molecular weight is 353 g/mol. The number of aromatic nitrogens is 4. The Morgan fingerprint density at radius 2 is 1.84 bits per heavy atom. The molecule has 25 heavy (non-hydrogen) atoms. The minimum absolute atomic E-state index is 0.182. The summed E-state index contributed by atoms with van der Waals surface area (Å²) in [5.74, 6) is 0.703. The predicted molar refractivity (Wildman–Crippen MR) is 99.3 cm³/mol. The van der Waals surface area contributed by atoms with E-state index in [1.807, 2.05) is 48.5 Å². The van der Waals surface area contributed by atoms with Crippen molar-refractivity contribution in [3.05, 3.63) is 75.4 Å². The molecule has 4 rings (SSSR count). The van der Waals surface area contributed by atoms with E-state index < -0.39 is 0 Å². The lowest BCUT2D eigenvalue weighted by Crippen LogP contribution is -2.28. The molecular weight excluding hydrogens is 336 g/mol. The van der Waals surface area contributed by atoms with Crippen LogP contribution in [-0.2, 0) is 13.0 Å². The Bertz CT molecular complexity index is 1110. The van der Waals surface area contributed by atoms with E-state index in [0.29, 0.717) is 23.0 Å². The third-order valence-electron chi connectivity index (χ3n) is 4.23. The van der Waals surface area contributed by atoms with Crippen LogP contribution in [0.2, 0.25) is 5.02 Å². The summed E-state index contributed by atoms with van der Waals surface area (Å²) in [4.78, 5) is 17.6. The second kappa shape index (κ2) is 6.33. The molecule has 2 heterocycles. The fourth-order valence-electron chi connectivity index (χ4n) is 3.03. The molecule has 4 aromatic rings. The number of fused-ring (bicyclic) bond motifs is 3. The summed E-state index contributed by atoms with van der Waals surface area (Å²) >= 11 is 5.96. The Balaban J connectivity index is 1.96. The van der Waals surface area contributed by atoms with E-state index in [0.717, 1.165) is 29.3 Å². The summed E-state index contributed by atoms with van der Waals surface area (Å²) in [6.07, 6.45) is 1.69. The highest BCUT2D eigenvalue weighted by Gasteiger charge is 2.14. The monoisotopic (exact) mass is 352 g/mol. The number of halogens is 1. The molecule has 0 unspecified atom stereocenters. The van der Waals surface area contributed by atoms with E-state index in [4.69, 9.17) is 11.6 Å². The normalized spacial score (nSPS) is 11.4. The van der Waals surface area contributed by atoms with E-state index in [1.165, 1.54) is 4.52 Å². The Hall–Kier alpha value is -2.66. The van der Waals surface area contributed by atoms with E-state index >= 15 is 0 Å². The lowest BCUT2D eigenvalue weighted by atomic mass is 10.2. The minimum atomic E-state index is -0.182. The number of hydrogen-bond acceptors (Lipinski definition) is 3. The lowest BCUT2D eigenvalue weighted by molar-refractivity contribution is 0.705. The number of para-hydroxylation sites is 1. The highest BCUT2D eigenvalue weighted by molar-refractivity contribution is 6.30. The average Bonchev–Trinajstić information content (AvgIpc) is 3.05. The number of hydrogen-bond donors (Lipinski definition) is 0. The van der Waals surface area contributed by atoms with Crippen molar-refractivity contribution in [2.45, 2.75) is 26.3 Å². The van der Waals surface area contributed by atoms with Crippen LogP contribution < -0.4 is 5.69 Å². The van der Waals surface area contributed by atoms with Crippen LogP contribution in [0.25, 0.3) is 16.6 Å². The van der Waals surface area contributed by atoms with Crippen molar-refractivity contribution >= 4 is 28.2 Å². The predicted octanol–water partition coefficient (Wildman–Crippen LogP) is 3.70. The molecule has 126 valence electrons. The fraction of sp³-hybridized carbons (Fsp3) is 0.211. The van der Waals surface area contributed by atoms with Gasteiger partial charge in [0.15, 0.2) is 11.5 Å². The lowest BCUT2D eigenvalue weighted by Gasteiger charge is -2.11. The van der Waals surface area contributed by atoms with Crippen molar-refractivity contribution in [3.8, 4) is 0 Å². The maximum absolute atomic E-state index is 13.0. The van der Waals surface area contributed by atoms with Gasteiger partial charge in [0.25, 0.3) is 0 Å². The van der Waals surface area contributed by atoms with Gasteiger partial charge in [-0.05, 0) is 36.2 Å². The maximum Gasteiger partial charge on any atom is 0.351 e. The smallest absolute Gasteiger partial charge is 0.287 e. The topological polar surface area (TPSA) is 52.2 Å². The van der Waals surface area contributed by atoms with Gasteiger partial charge < -0.3 is 0 Å². The standard InChI is InChI=1S/C19H17ClN4O/c1-2-5-17-21-18-15-6-3-4-7-16(15)23(19(25)24(18)22-17)12-13-8-10-14(20)11-9-13/h3-4,6-11H,2,5,12H2,1H3. The van der Waals surface area contributed by atoms with Gasteiger partial charge in [-0.1, -0.05) is 42.8 Å². The minimum Gasteiger partial charge on any atom is -0.287 e. The molecule has 0 bridgehead atoms. The first-order valence-electron chi connectivity index (χ1n) is 8.29. The molecule has 0 aliphatic rings. The first kappa shape index (κ1) is 15.8. The molecule has 0 N–H and O–H groups in total. The van der Waals surface area contributed by atoms with Crippen LogP contribution in [0, 0.1) is 0 Å². The Labute approximate surface area is 149 Å². The van der Waals surface area contributed by atoms with E-state index in [-0.39, 0.29) is 5.69 Å². The van der Waals surface area contributed by atoms with Crippen LogP contribution in [-0.4, -0.2) is 19.2 Å². The van der Waals surface area contributed by atoms with Gasteiger partial charge >= 0.3 is 5.69 Å². The second-order valence-corrected chi connectivity index (χ2v) is 6.46. The van der Waals surface area contributed by atoms with Crippen LogP contribution in [0.15, 0.2) is 53.3 Å². The molecule has 0 aliphatic carbocycles. The van der Waals surface area contributed by atoms with Gasteiger partial charge in [-0.15, -0.1) is 5.10 Å². The van der Waals surface area contributed by atoms with Crippen LogP contribution >= 0.6 is 11.6 Å². The zero-order chi connectivity index (χ0) is 17.4. The zero-order valence-corrected chi connectivity index (χ0v) is 14.6. The molecule has 0 amide bonds. The van der Waals surface area contributed by atoms with Gasteiger partial charge in [-0.3, -0.25) is 4.57 Å². The van der Waals surface area contributed by atoms with Gasteiger partial charge in [0.2, 0.25) is 0 Å². The molecule has 0 radical (unpaired) electrons. The Morgan fingerprint density at radius 1 is 1.08 bits per heavy atom. The van der Waals surface area contributed by atoms with Crippen LogP contribution in [0.5, 0.6) is 0 Å². The summed E-state index contributed by atoms with van der Waals surface area (Å²) in [5.41, 5.74) is 2.30. The van der Waals surface area contributed by atoms with Gasteiger partial charge in [0.1, 0.15) is 0 Å². The second-order valence-electron chi connectivity index (χ2n) is 6.03. The molecule has 0 saturated carbocycles. The number of nitrogens with zero attached hydrogens (tertiary/aromatic N) is 4. The van der Waals surface area contributed by atoms with Gasteiger partial charge in [-0.2, -0.15) is 4.52 Å². The molecule has 0 atom stereocenters. The van der Waals surface area contributed by atoms with Crippen molar-refractivity contribution in [3.63, 3.8) is 0 Å². The fourth-order valence-corrected chi connectivity index (χ4v) is 3.16. The molecule has 2 aromatic heterocycles. The molecule has 2 aromatic carbocycles. The summed E-state index contributed by atoms with van der Waals surface area (Å²) in [6, 6.07) is 15.3. The summed E-state index contributed by atoms with van der Waals surface area (Å²) in [5, 5.41) is 6.02. The van der Waals surface area contributed by atoms with E-state index in [9.17, 15) is 4.79 Å². The van der Waals surface area contributed by atoms with Crippen molar-refractivity contribution in [2.24, 2.45) is 0 Å². The SMILES string of the molecule is CCCc1nc2c3ccccc3n(Cc3ccc(Cl)cc3)c(=O)n2n1. The molecule has 6 heteroatoms. The van der Waals surface area contributed by atoms with Crippen molar-refractivity contribution in [1.29, 1.82) is 0 Å². The van der Waals surface area contributed by atoms with Gasteiger partial charge in [0.05, 0.1) is 12.1 Å². The molecule has 0 spiro atoms. The molecular formula is C19H17ClN4O. The zero-order valence-electron chi connectivity index (χ0n) is 13.8. The summed E-state index contributed by atoms with van der Waals surface area (Å²) < 4.78 is 3.15. The largest absolute Gasteiger partial charge is 0.351 e. The Kier molecular flexibility index (Phi) is 4.01. The highest BCUT2D eigenvalue weighted by Crippen LogP contribution is 2.19. The van der Waals surface area contributed by atoms with Gasteiger partial charge in [0, 0.05) is 16.8 Å². The highest BCUT2D eigenvalue weighted by atomic mass is 35.5. The summed E-state index contributed by atoms with van der Waals surface area (Å²) in [7, 11) is 0. The number of rotatable bonds is 4. The molecule has 0 fully saturated rings. The van der Waals surface area contributed by atoms with Crippen LogP contribution in [0.3, 0.4) is 0 Å². The first-order valence-corrected chi connectivity index (χ1v) is 8.67. The third kappa shape index (κ3) is 2.81. The Morgan fingerprint density at radius 3 is 2.60 bits per heavy atom. The third-order valence-corrected chi connectivity index (χ3v) is 4.48. The molecule has 5 nitrogen and oxygen atoms in total. The van der Waals surface area contributed by atoms with Gasteiger partial charge in [-0.25, -0.2) is 9.78 Å². The van der Waals surface area contributed by atoms with Crippen LogP contribution in [0.1, 0.15) is 24.7 Å². The maximum atomic E-state index is 13.0. The number of benzene rings is 2. The van der Waals surface area contributed by atoms with Crippen LogP contribution in [0.4, 0.5) is 0 Å². The molecule has 0 aliphatic heterocycles. The molecule has 0 saturated heterocycles. The number of aryl methyl sites for hydroxylation is 1. The quantitative estimate of drug-likeness (QED) is 0.562. The van der Waals surface area contributed by atoms with E-state index in [1.54, 1.807) is 4.57 Å². The van der Waals surface area contributed by atoms with Crippen molar-refractivity contribution in [2.75, 3.05) is 0 Å². The van der Waals surface area contributed by atoms with Crippen molar-refractivity contribution < 1.29 is 0 Å². The first-order chi connectivity index (χ1) is 12.2.